The summed E-state index contributed by atoms with van der Waals surface area (Å²) in [5, 5.41) is 8.85. The van der Waals surface area contributed by atoms with Gasteiger partial charge in [0.15, 0.2) is 6.10 Å². The molecule has 2 aromatic carbocycles. The molecule has 6 heteroatoms. The molecule has 2 aromatic rings. The summed E-state index contributed by atoms with van der Waals surface area (Å²) >= 11 is 0. The van der Waals surface area contributed by atoms with E-state index < -0.39 is 12.1 Å². The summed E-state index contributed by atoms with van der Waals surface area (Å²) in [5.41, 5.74) is 1.42. The number of anilines is 1. The molecule has 6 nitrogen and oxygen atoms in total. The van der Waals surface area contributed by atoms with Crippen molar-refractivity contribution >= 4 is 23.6 Å². The van der Waals surface area contributed by atoms with E-state index in [-0.39, 0.29) is 18.9 Å². The molecule has 1 atom stereocenters. The Morgan fingerprint density at radius 3 is 2.61 bits per heavy atom. The average Bonchev–Trinajstić information content (AvgIpc) is 2.73. The number of nitriles is 1. The molecule has 0 radical (unpaired) electrons. The third-order valence-electron chi connectivity index (χ3n) is 3.93. The Balaban J connectivity index is 2.03. The van der Waals surface area contributed by atoms with Gasteiger partial charge in [0, 0.05) is 18.3 Å². The highest BCUT2D eigenvalue weighted by molar-refractivity contribution is 5.98. The zero-order chi connectivity index (χ0) is 20.4. The van der Waals surface area contributed by atoms with Gasteiger partial charge < -0.3 is 14.4 Å². The molecule has 2 rings (SSSR count). The number of hydrogen-bond acceptors (Lipinski definition) is 5. The van der Waals surface area contributed by atoms with Gasteiger partial charge in [0.05, 0.1) is 19.6 Å². The quantitative estimate of drug-likeness (QED) is 0.518. The van der Waals surface area contributed by atoms with Crippen LogP contribution in [0.1, 0.15) is 18.9 Å². The molecule has 0 spiro atoms. The Bertz CT molecular complexity index is 872. The zero-order valence-corrected chi connectivity index (χ0v) is 15.9. The standard InChI is InChI=1S/C22H22N2O4/c1-17(22(26)24(15-7-14-23)19-9-4-3-5-10-19)28-21(25)13-12-18-8-6-11-20(16-18)27-2/h3-6,8-13,16-17H,7,15H2,1-2H3/b13-12+. The first-order valence-corrected chi connectivity index (χ1v) is 8.81. The first-order chi connectivity index (χ1) is 13.5. The van der Waals surface area contributed by atoms with Crippen molar-refractivity contribution < 1.29 is 19.1 Å². The number of benzene rings is 2. The highest BCUT2D eigenvalue weighted by Gasteiger charge is 2.24. The molecule has 0 aliphatic carbocycles. The second-order valence-electron chi connectivity index (χ2n) is 5.92. The van der Waals surface area contributed by atoms with Crippen LogP contribution < -0.4 is 9.64 Å². The van der Waals surface area contributed by atoms with Gasteiger partial charge in [0.1, 0.15) is 5.75 Å². The van der Waals surface area contributed by atoms with E-state index in [1.54, 1.807) is 49.6 Å². The Labute approximate surface area is 164 Å². The molecule has 0 aromatic heterocycles. The van der Waals surface area contributed by atoms with Crippen molar-refractivity contribution in [3.05, 3.63) is 66.2 Å². The van der Waals surface area contributed by atoms with Gasteiger partial charge in [-0.3, -0.25) is 4.79 Å². The molecule has 0 aliphatic heterocycles. The predicted molar refractivity (Wildman–Crippen MR) is 107 cm³/mol. The van der Waals surface area contributed by atoms with Crippen LogP contribution in [-0.2, 0) is 14.3 Å². The van der Waals surface area contributed by atoms with Crippen molar-refractivity contribution in [2.75, 3.05) is 18.6 Å². The summed E-state index contributed by atoms with van der Waals surface area (Å²) in [4.78, 5) is 26.3. The van der Waals surface area contributed by atoms with Crippen molar-refractivity contribution in [3.8, 4) is 11.8 Å². The number of rotatable bonds is 8. The molecule has 0 saturated heterocycles. The molecule has 0 N–H and O–H groups in total. The third kappa shape index (κ3) is 5.99. The van der Waals surface area contributed by atoms with Gasteiger partial charge in [-0.2, -0.15) is 5.26 Å². The Hall–Kier alpha value is -3.59. The lowest BCUT2D eigenvalue weighted by Crippen LogP contribution is -2.40. The summed E-state index contributed by atoms with van der Waals surface area (Å²) < 4.78 is 10.4. The van der Waals surface area contributed by atoms with E-state index in [0.29, 0.717) is 11.4 Å². The van der Waals surface area contributed by atoms with Gasteiger partial charge >= 0.3 is 5.97 Å². The maximum absolute atomic E-state index is 12.7. The fourth-order valence-electron chi connectivity index (χ4n) is 2.53. The van der Waals surface area contributed by atoms with E-state index in [0.717, 1.165) is 5.56 Å². The van der Waals surface area contributed by atoms with Crippen LogP contribution in [0.5, 0.6) is 5.75 Å². The van der Waals surface area contributed by atoms with Crippen molar-refractivity contribution in [1.29, 1.82) is 5.26 Å². The molecular weight excluding hydrogens is 356 g/mol. The second kappa shape index (κ2) is 10.5. The number of methoxy groups -OCH3 is 1. The SMILES string of the molecule is COc1cccc(/C=C/C(=O)OC(C)C(=O)N(CCC#N)c2ccccc2)c1. The summed E-state index contributed by atoms with van der Waals surface area (Å²) in [6.07, 6.45) is 2.05. The van der Waals surface area contributed by atoms with Gasteiger partial charge in [-0.05, 0) is 42.8 Å². The fraction of sp³-hybridized carbons (Fsp3) is 0.227. The van der Waals surface area contributed by atoms with Gasteiger partial charge in [-0.1, -0.05) is 30.3 Å². The van der Waals surface area contributed by atoms with Crippen LogP contribution in [0.15, 0.2) is 60.7 Å². The molecule has 0 fully saturated rings. The fourth-order valence-corrected chi connectivity index (χ4v) is 2.53. The molecule has 1 unspecified atom stereocenters. The highest BCUT2D eigenvalue weighted by Crippen LogP contribution is 2.17. The lowest BCUT2D eigenvalue weighted by molar-refractivity contribution is -0.149. The van der Waals surface area contributed by atoms with Crippen LogP contribution in [-0.4, -0.2) is 31.6 Å². The minimum Gasteiger partial charge on any atom is -0.497 e. The predicted octanol–water partition coefficient (Wildman–Crippen LogP) is 3.59. The average molecular weight is 378 g/mol. The minimum atomic E-state index is -0.985. The monoisotopic (exact) mass is 378 g/mol. The van der Waals surface area contributed by atoms with Gasteiger partial charge in [-0.25, -0.2) is 4.79 Å². The third-order valence-corrected chi connectivity index (χ3v) is 3.93. The number of nitrogens with zero attached hydrogens (tertiary/aromatic N) is 2. The highest BCUT2D eigenvalue weighted by atomic mass is 16.5. The Kier molecular flexibility index (Phi) is 7.79. The van der Waals surface area contributed by atoms with Crippen LogP contribution in [0.3, 0.4) is 0 Å². The molecule has 1 amide bonds. The summed E-state index contributed by atoms with van der Waals surface area (Å²) in [5.74, 6) is -0.336. The zero-order valence-electron chi connectivity index (χ0n) is 15.9. The van der Waals surface area contributed by atoms with E-state index in [9.17, 15) is 9.59 Å². The number of carbonyl (C=O) groups excluding carboxylic acids is 2. The molecule has 0 bridgehead atoms. The lowest BCUT2D eigenvalue weighted by Gasteiger charge is -2.24. The van der Waals surface area contributed by atoms with Crippen LogP contribution in [0.2, 0.25) is 0 Å². The summed E-state index contributed by atoms with van der Waals surface area (Å²) in [6, 6.07) is 18.2. The molecule has 28 heavy (non-hydrogen) atoms. The number of carbonyl (C=O) groups is 2. The molecule has 0 saturated carbocycles. The van der Waals surface area contributed by atoms with Crippen LogP contribution in [0.4, 0.5) is 5.69 Å². The first kappa shape index (κ1) is 20.7. The van der Waals surface area contributed by atoms with Gasteiger partial charge in [-0.15, -0.1) is 0 Å². The molecule has 0 heterocycles. The number of ether oxygens (including phenoxy) is 2. The largest absolute Gasteiger partial charge is 0.497 e. The number of esters is 1. The van der Waals surface area contributed by atoms with Crippen molar-refractivity contribution in [3.63, 3.8) is 0 Å². The Morgan fingerprint density at radius 2 is 1.93 bits per heavy atom. The van der Waals surface area contributed by atoms with Crippen molar-refractivity contribution in [1.82, 2.24) is 0 Å². The van der Waals surface area contributed by atoms with E-state index in [1.807, 2.05) is 24.3 Å². The molecule has 0 aliphatic rings. The smallest absolute Gasteiger partial charge is 0.331 e. The molecule has 144 valence electrons. The van der Waals surface area contributed by atoms with Crippen LogP contribution in [0, 0.1) is 11.3 Å². The number of para-hydroxylation sites is 1. The maximum atomic E-state index is 12.7. The van der Waals surface area contributed by atoms with E-state index in [4.69, 9.17) is 14.7 Å². The van der Waals surface area contributed by atoms with Crippen molar-refractivity contribution in [2.45, 2.75) is 19.4 Å². The van der Waals surface area contributed by atoms with Crippen molar-refractivity contribution in [2.24, 2.45) is 0 Å². The number of amides is 1. The number of hydrogen-bond donors (Lipinski definition) is 0. The van der Waals surface area contributed by atoms with Crippen LogP contribution in [0.25, 0.3) is 6.08 Å². The van der Waals surface area contributed by atoms with Crippen LogP contribution >= 0.6 is 0 Å². The van der Waals surface area contributed by atoms with E-state index in [2.05, 4.69) is 0 Å². The lowest BCUT2D eigenvalue weighted by atomic mass is 10.2. The van der Waals surface area contributed by atoms with Gasteiger partial charge in [0.25, 0.3) is 5.91 Å². The summed E-state index contributed by atoms with van der Waals surface area (Å²) in [7, 11) is 1.56. The van der Waals surface area contributed by atoms with E-state index >= 15 is 0 Å². The maximum Gasteiger partial charge on any atom is 0.331 e. The molecular formula is C22H22N2O4. The summed E-state index contributed by atoms with van der Waals surface area (Å²) in [6.45, 7) is 1.74. The normalized spacial score (nSPS) is 11.5. The first-order valence-electron chi connectivity index (χ1n) is 8.81. The van der Waals surface area contributed by atoms with E-state index in [1.165, 1.54) is 17.9 Å². The minimum absolute atomic E-state index is 0.178. The topological polar surface area (TPSA) is 79.6 Å². The van der Waals surface area contributed by atoms with Gasteiger partial charge in [0.2, 0.25) is 0 Å². The second-order valence-corrected chi connectivity index (χ2v) is 5.92. The Morgan fingerprint density at radius 1 is 1.18 bits per heavy atom.